The Hall–Kier alpha value is -1.99. The molecule has 0 spiro atoms. The summed E-state index contributed by atoms with van der Waals surface area (Å²) < 4.78 is 17.0. The van der Waals surface area contributed by atoms with Crippen molar-refractivity contribution in [2.45, 2.75) is 110 Å². The molecule has 0 unspecified atom stereocenters. The number of Topliss-reactive ketones (excluding diaryl/α,β-unsaturated/α-hetero) is 1. The third kappa shape index (κ3) is 9.80. The molecular formula is C36H61N4O7-. The number of carbonyl (C=O) groups is 2. The second-order valence-electron chi connectivity index (χ2n) is 15.3. The number of methoxy groups -OCH3 is 1. The van der Waals surface area contributed by atoms with E-state index >= 15 is 0 Å². The van der Waals surface area contributed by atoms with Crippen LogP contribution in [0.1, 0.15) is 66.9 Å². The highest BCUT2D eigenvalue weighted by Crippen LogP contribution is 2.34. The lowest BCUT2D eigenvalue weighted by Gasteiger charge is -2.48. The van der Waals surface area contributed by atoms with Crippen LogP contribution in [-0.2, 0) is 30.3 Å². The number of pyridine rings is 1. The Bertz CT molecular complexity index is 1150. The van der Waals surface area contributed by atoms with E-state index in [-0.39, 0.29) is 42.9 Å². The fourth-order valence-electron chi connectivity index (χ4n) is 7.54. The van der Waals surface area contributed by atoms with Crippen molar-refractivity contribution < 1.29 is 34.0 Å². The Morgan fingerprint density at radius 1 is 1.09 bits per heavy atom. The van der Waals surface area contributed by atoms with Gasteiger partial charge in [0, 0.05) is 69.6 Å². The number of nitrogens with zero attached hydrogens (tertiary/aromatic N) is 4. The van der Waals surface area contributed by atoms with E-state index in [0.29, 0.717) is 12.3 Å². The van der Waals surface area contributed by atoms with Crippen molar-refractivity contribution in [3.8, 4) is 0 Å². The van der Waals surface area contributed by atoms with E-state index in [4.69, 9.17) is 14.2 Å². The summed E-state index contributed by atoms with van der Waals surface area (Å²) in [6.07, 6.45) is 3.64. The van der Waals surface area contributed by atoms with Crippen LogP contribution in [0.25, 0.3) is 0 Å². The van der Waals surface area contributed by atoms with Crippen molar-refractivity contribution in [3.63, 3.8) is 0 Å². The first-order valence-electron chi connectivity index (χ1n) is 17.1. The Kier molecular flexibility index (Phi) is 13.9. The summed E-state index contributed by atoms with van der Waals surface area (Å²) in [5.74, 6) is -1.35. The number of esters is 1. The Labute approximate surface area is 282 Å². The Morgan fingerprint density at radius 2 is 1.70 bits per heavy atom. The number of aliphatic hydroxyl groups excluding tert-OH is 1. The molecule has 0 saturated carbocycles. The molecule has 0 aromatic carbocycles. The van der Waals surface area contributed by atoms with E-state index in [1.165, 1.54) is 12.7 Å². The Balaban J connectivity index is 0.000000420. The van der Waals surface area contributed by atoms with E-state index < -0.39 is 34.8 Å². The number of likely N-dealkylation sites (tertiary alicyclic amines) is 1. The van der Waals surface area contributed by atoms with Crippen molar-refractivity contribution in [2.24, 2.45) is 23.2 Å². The first-order valence-corrected chi connectivity index (χ1v) is 17.1. The third-order valence-corrected chi connectivity index (χ3v) is 10.6. The van der Waals surface area contributed by atoms with Gasteiger partial charge in [0.15, 0.2) is 5.78 Å². The molecule has 1 N–H and O–H groups in total. The lowest BCUT2D eigenvalue weighted by molar-refractivity contribution is -0.464. The third-order valence-electron chi connectivity index (χ3n) is 10.6. The van der Waals surface area contributed by atoms with Crippen LogP contribution in [0.15, 0.2) is 24.5 Å². The quantitative estimate of drug-likeness (QED) is 0.369. The van der Waals surface area contributed by atoms with Gasteiger partial charge in [0.1, 0.15) is 12.0 Å². The van der Waals surface area contributed by atoms with Crippen LogP contribution in [0.4, 0.5) is 0 Å². The maximum atomic E-state index is 13.4. The zero-order valence-corrected chi connectivity index (χ0v) is 30.6. The molecule has 1 aromatic rings. The van der Waals surface area contributed by atoms with Gasteiger partial charge in [-0.3, -0.25) is 24.4 Å². The molecule has 0 bridgehead atoms. The predicted octanol–water partition coefficient (Wildman–Crippen LogP) is 2.24. The lowest BCUT2D eigenvalue weighted by Crippen LogP contribution is -2.58. The average molecular weight is 662 g/mol. The molecule has 1 aromatic heterocycles. The number of cyclic esters (lactones) is 1. The van der Waals surface area contributed by atoms with Crippen LogP contribution in [0.3, 0.4) is 0 Å². The summed E-state index contributed by atoms with van der Waals surface area (Å²) in [7, 11) is 7.58. The molecule has 3 aliphatic heterocycles. The zero-order valence-electron chi connectivity index (χ0n) is 30.6. The fraction of sp³-hybridized carbons (Fsp3) is 0.806. The van der Waals surface area contributed by atoms with Crippen LogP contribution in [0.5, 0.6) is 0 Å². The number of carbonyl (C=O) groups excluding carboxylic acids is 2. The number of ether oxygens (including phenoxy) is 3. The van der Waals surface area contributed by atoms with Gasteiger partial charge in [-0.15, -0.1) is 0 Å². The number of aromatic nitrogens is 1. The first kappa shape index (κ1) is 39.4. The molecular weight excluding hydrogens is 600 g/mol. The number of hydrogen-bond donors (Lipinski definition) is 1. The molecule has 268 valence electrons. The van der Waals surface area contributed by atoms with E-state index in [0.717, 1.165) is 32.6 Å². The molecule has 4 rings (SSSR count). The normalized spacial score (nSPS) is 36.6. The first-order chi connectivity index (χ1) is 21.9. The van der Waals surface area contributed by atoms with E-state index in [1.807, 2.05) is 33.2 Å². The number of rotatable bonds is 5. The van der Waals surface area contributed by atoms with Crippen LogP contribution in [0.2, 0.25) is 0 Å². The topological polar surface area (TPSA) is 128 Å². The van der Waals surface area contributed by atoms with Gasteiger partial charge in [-0.05, 0) is 92.2 Å². The van der Waals surface area contributed by atoms with E-state index in [9.17, 15) is 19.8 Å². The van der Waals surface area contributed by atoms with Crippen LogP contribution >= 0.6 is 0 Å². The van der Waals surface area contributed by atoms with Gasteiger partial charge in [0.2, 0.25) is 0 Å². The van der Waals surface area contributed by atoms with Gasteiger partial charge >= 0.3 is 5.97 Å². The minimum atomic E-state index is -1.40. The fourth-order valence-corrected chi connectivity index (χ4v) is 7.54. The van der Waals surface area contributed by atoms with E-state index in [1.54, 1.807) is 40.1 Å². The number of likely N-dealkylation sites (N-methyl/N-ethyl adjacent to an activating group) is 2. The summed E-state index contributed by atoms with van der Waals surface area (Å²) in [5.41, 5.74) is -1.19. The van der Waals surface area contributed by atoms with E-state index in [2.05, 4.69) is 40.6 Å². The molecule has 11 heteroatoms. The molecule has 0 aliphatic carbocycles. The van der Waals surface area contributed by atoms with Crippen molar-refractivity contribution in [1.82, 2.24) is 19.7 Å². The van der Waals surface area contributed by atoms with Crippen molar-refractivity contribution in [2.75, 3.05) is 54.5 Å². The zero-order chi connectivity index (χ0) is 35.3. The van der Waals surface area contributed by atoms with Gasteiger partial charge < -0.3 is 29.3 Å². The second kappa shape index (κ2) is 16.6. The summed E-state index contributed by atoms with van der Waals surface area (Å²) >= 11 is 0. The molecule has 47 heavy (non-hydrogen) atoms. The van der Waals surface area contributed by atoms with Crippen molar-refractivity contribution in [3.05, 3.63) is 30.1 Å². The standard InChI is InChI=1S/C27H42N3O5.C9H19NO2/c1-18-12-27(5,34-7)24(32)19(2)23(31)26(3,4)25(33)35-17-22(29(6)13-18)21-15-30(16-21)14-20-8-10-28-11-9-20;1-6-5-8(10(3)4)9(11)7(2)12-6/h8-11,18-19,21-22,24H,12-17H2,1-7H3;6-9,11H,5H2,1-4H3/q-1;/t18-,19+,22+,24-,27-;6-,7+,8+,9+/m11/s1. The number of aliphatic hydroxyl groups is 1. The minimum Gasteiger partial charge on any atom is -0.849 e. The smallest absolute Gasteiger partial charge is 0.319 e. The molecule has 3 aliphatic rings. The average Bonchev–Trinajstić information content (AvgIpc) is 3.00. The SMILES string of the molecule is CO[C@]1(C)C[C@@H](C)CN(C)[C@H](C2CN(Cc3ccncc3)C2)COC(=O)C(C)(C)C(=O)[C@H](C)[C@H]1[O-].C[C@@H]1C[C@H](N(C)C)[C@@H](O)[C@H](C)O1. The minimum absolute atomic E-state index is 0.0241. The molecule has 4 heterocycles. The summed E-state index contributed by atoms with van der Waals surface area (Å²) in [4.78, 5) is 37.1. The highest BCUT2D eigenvalue weighted by Gasteiger charge is 2.45. The predicted molar refractivity (Wildman–Crippen MR) is 179 cm³/mol. The van der Waals surface area contributed by atoms with Gasteiger partial charge in [-0.2, -0.15) is 0 Å². The molecule has 11 nitrogen and oxygen atoms in total. The van der Waals surface area contributed by atoms with Crippen LogP contribution in [-0.4, -0.2) is 133 Å². The lowest BCUT2D eigenvalue weighted by atomic mass is 9.74. The Morgan fingerprint density at radius 3 is 2.28 bits per heavy atom. The summed E-state index contributed by atoms with van der Waals surface area (Å²) in [5, 5.41) is 23.2. The largest absolute Gasteiger partial charge is 0.849 e. The molecule has 9 atom stereocenters. The number of hydrogen-bond acceptors (Lipinski definition) is 11. The van der Waals surface area contributed by atoms with Crippen LogP contribution < -0.4 is 5.11 Å². The summed E-state index contributed by atoms with van der Waals surface area (Å²) in [6, 6.07) is 4.32. The highest BCUT2D eigenvalue weighted by atomic mass is 16.5. The highest BCUT2D eigenvalue weighted by molar-refractivity contribution is 6.04. The van der Waals surface area contributed by atoms with Crippen molar-refractivity contribution >= 4 is 11.8 Å². The van der Waals surface area contributed by atoms with Gasteiger partial charge in [-0.25, -0.2) is 0 Å². The van der Waals surface area contributed by atoms with Gasteiger partial charge in [0.25, 0.3) is 0 Å². The maximum absolute atomic E-state index is 13.4. The molecule has 3 fully saturated rings. The van der Waals surface area contributed by atoms with Crippen LogP contribution in [0, 0.1) is 23.2 Å². The monoisotopic (exact) mass is 661 g/mol. The van der Waals surface area contributed by atoms with Gasteiger partial charge in [0.05, 0.1) is 23.9 Å². The van der Waals surface area contributed by atoms with Gasteiger partial charge in [-0.1, -0.05) is 20.0 Å². The van der Waals surface area contributed by atoms with Crippen molar-refractivity contribution in [1.29, 1.82) is 0 Å². The molecule has 0 amide bonds. The molecule has 3 saturated heterocycles. The summed E-state index contributed by atoms with van der Waals surface area (Å²) in [6.45, 7) is 16.2. The molecule has 0 radical (unpaired) electrons. The maximum Gasteiger partial charge on any atom is 0.319 e. The second-order valence-corrected chi connectivity index (χ2v) is 15.3. The number of ketones is 1.